The maximum Gasteiger partial charge on any atom is 0.274 e. The number of carbonyl (C=O) groups excluding carboxylic acids is 1. The van der Waals surface area contributed by atoms with Crippen LogP contribution in [0, 0.1) is 0 Å². The monoisotopic (exact) mass is 330 g/mol. The number of likely N-dealkylation sites (tertiary alicyclic amines) is 1. The second kappa shape index (κ2) is 6.94. The molecule has 1 saturated heterocycles. The number of amides is 1. The lowest BCUT2D eigenvalue weighted by Crippen LogP contribution is -2.39. The third-order valence-corrected chi connectivity index (χ3v) is 4.19. The predicted octanol–water partition coefficient (Wildman–Crippen LogP) is 1.51. The second-order valence-electron chi connectivity index (χ2n) is 6.16. The van der Waals surface area contributed by atoms with Crippen molar-refractivity contribution in [3.8, 4) is 0 Å². The number of piperidine rings is 1. The fraction of sp³-hybridized carbons (Fsp3) is 0.562. The van der Waals surface area contributed by atoms with Crippen LogP contribution in [0.5, 0.6) is 0 Å². The first-order chi connectivity index (χ1) is 11.6. The molecule has 0 spiro atoms. The molecule has 0 aliphatic carbocycles. The number of anilines is 1. The summed E-state index contributed by atoms with van der Waals surface area (Å²) in [6.07, 6.45) is 2.59. The summed E-state index contributed by atoms with van der Waals surface area (Å²) in [5.74, 6) is 2.07. The summed E-state index contributed by atoms with van der Waals surface area (Å²) in [7, 11) is 3.77. The molecule has 3 heterocycles. The Labute approximate surface area is 140 Å². The van der Waals surface area contributed by atoms with Gasteiger partial charge in [-0.15, -0.1) is 10.2 Å². The van der Waals surface area contributed by atoms with Gasteiger partial charge in [-0.3, -0.25) is 4.79 Å². The first kappa shape index (κ1) is 16.4. The predicted molar refractivity (Wildman–Crippen MR) is 87.9 cm³/mol. The van der Waals surface area contributed by atoms with Gasteiger partial charge < -0.3 is 14.3 Å². The van der Waals surface area contributed by atoms with E-state index >= 15 is 0 Å². The summed E-state index contributed by atoms with van der Waals surface area (Å²) >= 11 is 0. The van der Waals surface area contributed by atoms with E-state index in [4.69, 9.17) is 4.52 Å². The number of hydrogen-bond donors (Lipinski definition) is 0. The van der Waals surface area contributed by atoms with Crippen molar-refractivity contribution in [1.29, 1.82) is 0 Å². The van der Waals surface area contributed by atoms with Crippen LogP contribution in [0.3, 0.4) is 0 Å². The normalized spacial score (nSPS) is 17.8. The molecule has 0 saturated carbocycles. The lowest BCUT2D eigenvalue weighted by atomic mass is 9.97. The number of hydrogen-bond acceptors (Lipinski definition) is 7. The van der Waals surface area contributed by atoms with E-state index in [-0.39, 0.29) is 11.8 Å². The molecular formula is C16H22N6O2. The summed E-state index contributed by atoms with van der Waals surface area (Å²) < 4.78 is 5.19. The lowest BCUT2D eigenvalue weighted by molar-refractivity contribution is 0.0696. The molecule has 1 atom stereocenters. The highest BCUT2D eigenvalue weighted by Crippen LogP contribution is 2.25. The van der Waals surface area contributed by atoms with Gasteiger partial charge in [0.1, 0.15) is 0 Å². The van der Waals surface area contributed by atoms with Crippen LogP contribution in [0.15, 0.2) is 16.7 Å². The quantitative estimate of drug-likeness (QED) is 0.839. The number of rotatable bonds is 4. The molecule has 0 N–H and O–H groups in total. The van der Waals surface area contributed by atoms with Crippen LogP contribution >= 0.6 is 0 Å². The van der Waals surface area contributed by atoms with Gasteiger partial charge in [-0.25, -0.2) is 0 Å². The van der Waals surface area contributed by atoms with Gasteiger partial charge >= 0.3 is 0 Å². The molecule has 0 bridgehead atoms. The van der Waals surface area contributed by atoms with Crippen molar-refractivity contribution in [2.24, 2.45) is 0 Å². The van der Waals surface area contributed by atoms with E-state index in [1.54, 1.807) is 17.0 Å². The summed E-state index contributed by atoms with van der Waals surface area (Å²) in [6, 6.07) is 3.52. The lowest BCUT2D eigenvalue weighted by Gasteiger charge is -2.30. The minimum atomic E-state index is -0.100. The Morgan fingerprint density at radius 2 is 2.21 bits per heavy atom. The molecule has 2 aromatic heterocycles. The summed E-state index contributed by atoms with van der Waals surface area (Å²) in [5, 5.41) is 12.2. The Kier molecular flexibility index (Phi) is 4.73. The smallest absolute Gasteiger partial charge is 0.274 e. The second-order valence-corrected chi connectivity index (χ2v) is 6.16. The van der Waals surface area contributed by atoms with Gasteiger partial charge in [0.2, 0.25) is 5.89 Å². The molecule has 0 aromatic carbocycles. The minimum absolute atomic E-state index is 0.100. The van der Waals surface area contributed by atoms with Gasteiger partial charge in [-0.05, 0) is 25.0 Å². The molecule has 2 aromatic rings. The molecule has 8 heteroatoms. The average Bonchev–Trinajstić information content (AvgIpc) is 3.10. The minimum Gasteiger partial charge on any atom is -0.361 e. The largest absolute Gasteiger partial charge is 0.361 e. The van der Waals surface area contributed by atoms with Crippen molar-refractivity contribution in [2.45, 2.75) is 32.1 Å². The van der Waals surface area contributed by atoms with E-state index in [2.05, 4.69) is 20.3 Å². The Hall–Kier alpha value is -2.51. The molecule has 1 aliphatic rings. The Morgan fingerprint density at radius 3 is 2.83 bits per heavy atom. The standard InChI is InChI=1S/C16H22N6O2/c1-4-14-17-15(20-24-14)11-6-5-9-22(10-11)16(23)12-7-8-13(19-18-12)21(2)3/h7-8,11H,4-6,9-10H2,1-3H3/t11-/m1/s1. The highest BCUT2D eigenvalue weighted by Gasteiger charge is 2.29. The van der Waals surface area contributed by atoms with E-state index in [0.717, 1.165) is 25.1 Å². The number of carbonyl (C=O) groups is 1. The van der Waals surface area contributed by atoms with Crippen LogP contribution in [-0.2, 0) is 6.42 Å². The zero-order valence-corrected chi connectivity index (χ0v) is 14.3. The molecule has 8 nitrogen and oxygen atoms in total. The third kappa shape index (κ3) is 3.37. The van der Waals surface area contributed by atoms with Crippen LogP contribution < -0.4 is 4.90 Å². The van der Waals surface area contributed by atoms with Gasteiger partial charge in [0.05, 0.1) is 0 Å². The molecule has 3 rings (SSSR count). The first-order valence-corrected chi connectivity index (χ1v) is 8.21. The van der Waals surface area contributed by atoms with Crippen LogP contribution in [0.4, 0.5) is 5.82 Å². The highest BCUT2D eigenvalue weighted by molar-refractivity contribution is 5.92. The molecule has 1 fully saturated rings. The Balaban J connectivity index is 1.70. The number of aryl methyl sites for hydroxylation is 1. The first-order valence-electron chi connectivity index (χ1n) is 8.21. The maximum atomic E-state index is 12.7. The number of aromatic nitrogens is 4. The molecule has 0 unspecified atom stereocenters. The molecule has 0 radical (unpaired) electrons. The van der Waals surface area contributed by atoms with Gasteiger partial charge in [0, 0.05) is 39.5 Å². The highest BCUT2D eigenvalue weighted by atomic mass is 16.5. The summed E-state index contributed by atoms with van der Waals surface area (Å²) in [5.41, 5.74) is 0.364. The van der Waals surface area contributed by atoms with Crippen molar-refractivity contribution in [1.82, 2.24) is 25.2 Å². The van der Waals surface area contributed by atoms with Crippen molar-refractivity contribution in [2.75, 3.05) is 32.1 Å². The van der Waals surface area contributed by atoms with Crippen molar-refractivity contribution in [3.63, 3.8) is 0 Å². The van der Waals surface area contributed by atoms with Crippen molar-refractivity contribution in [3.05, 3.63) is 29.5 Å². The molecule has 24 heavy (non-hydrogen) atoms. The molecule has 1 amide bonds. The number of nitrogens with zero attached hydrogens (tertiary/aromatic N) is 6. The van der Waals surface area contributed by atoms with Crippen LogP contribution in [0.25, 0.3) is 0 Å². The zero-order chi connectivity index (χ0) is 17.1. The average molecular weight is 330 g/mol. The molecule has 128 valence electrons. The van der Waals surface area contributed by atoms with Crippen LogP contribution in [0.2, 0.25) is 0 Å². The van der Waals surface area contributed by atoms with Crippen molar-refractivity contribution < 1.29 is 9.32 Å². The fourth-order valence-electron chi connectivity index (χ4n) is 2.79. The fourth-order valence-corrected chi connectivity index (χ4v) is 2.79. The van der Waals surface area contributed by atoms with E-state index in [9.17, 15) is 4.79 Å². The maximum absolute atomic E-state index is 12.7. The van der Waals surface area contributed by atoms with Gasteiger partial charge in [0.25, 0.3) is 5.91 Å². The van der Waals surface area contributed by atoms with Gasteiger partial charge in [-0.2, -0.15) is 4.98 Å². The van der Waals surface area contributed by atoms with E-state index in [1.165, 1.54) is 0 Å². The van der Waals surface area contributed by atoms with Gasteiger partial charge in [0.15, 0.2) is 17.3 Å². The SMILES string of the molecule is CCc1nc([C@@H]2CCCN(C(=O)c3ccc(N(C)C)nn3)C2)no1. The van der Waals surface area contributed by atoms with E-state index in [1.807, 2.05) is 25.9 Å². The molecular weight excluding hydrogens is 308 g/mol. The van der Waals surface area contributed by atoms with Crippen LogP contribution in [0.1, 0.15) is 47.9 Å². The summed E-state index contributed by atoms with van der Waals surface area (Å²) in [4.78, 5) is 20.7. The third-order valence-electron chi connectivity index (χ3n) is 4.19. The van der Waals surface area contributed by atoms with E-state index in [0.29, 0.717) is 30.5 Å². The van der Waals surface area contributed by atoms with Crippen molar-refractivity contribution >= 4 is 11.7 Å². The Morgan fingerprint density at radius 1 is 1.38 bits per heavy atom. The summed E-state index contributed by atoms with van der Waals surface area (Å²) in [6.45, 7) is 3.27. The molecule has 1 aliphatic heterocycles. The van der Waals surface area contributed by atoms with Crippen LogP contribution in [-0.4, -0.2) is 58.3 Å². The zero-order valence-electron chi connectivity index (χ0n) is 14.3. The Bertz CT molecular complexity index is 697. The topological polar surface area (TPSA) is 88.3 Å². The van der Waals surface area contributed by atoms with Gasteiger partial charge in [-0.1, -0.05) is 12.1 Å². The van der Waals surface area contributed by atoms with E-state index < -0.39 is 0 Å².